The number of alkyl halides is 3. The summed E-state index contributed by atoms with van der Waals surface area (Å²) < 4.78 is 37.5. The van der Waals surface area contributed by atoms with Crippen molar-refractivity contribution in [3.63, 3.8) is 0 Å². The van der Waals surface area contributed by atoms with Crippen LogP contribution in [0.25, 0.3) is 0 Å². The highest BCUT2D eigenvalue weighted by molar-refractivity contribution is 7.99. The molecule has 0 bridgehead atoms. The van der Waals surface area contributed by atoms with Crippen LogP contribution in [-0.2, 0) is 6.18 Å². The second-order valence-corrected chi connectivity index (χ2v) is 4.14. The summed E-state index contributed by atoms with van der Waals surface area (Å²) in [7, 11) is 0. The molecule has 0 heterocycles. The van der Waals surface area contributed by atoms with Crippen LogP contribution in [-0.4, -0.2) is 12.0 Å². The molecule has 0 unspecified atom stereocenters. The maximum absolute atomic E-state index is 12.5. The molecule has 0 aliphatic carbocycles. The van der Waals surface area contributed by atoms with Crippen LogP contribution in [0.3, 0.4) is 0 Å². The van der Waals surface area contributed by atoms with Gasteiger partial charge in [0.15, 0.2) is 6.29 Å². The Kier molecular flexibility index (Phi) is 3.79. The third-order valence-corrected chi connectivity index (χ3v) is 2.64. The Morgan fingerprint density at radius 3 is 2.53 bits per heavy atom. The maximum atomic E-state index is 12.5. The summed E-state index contributed by atoms with van der Waals surface area (Å²) in [5.74, 6) is 0.692. The second-order valence-electron chi connectivity index (χ2n) is 2.80. The average Bonchev–Trinajstić information content (AvgIpc) is 2.17. The zero-order valence-electron chi connectivity index (χ0n) is 7.97. The summed E-state index contributed by atoms with van der Waals surface area (Å²) in [5, 5.41) is 0. The van der Waals surface area contributed by atoms with Gasteiger partial charge in [-0.1, -0.05) is 6.92 Å². The molecular weight excluding hydrogens is 225 g/mol. The van der Waals surface area contributed by atoms with Gasteiger partial charge in [0.25, 0.3) is 0 Å². The van der Waals surface area contributed by atoms with Crippen molar-refractivity contribution < 1.29 is 18.0 Å². The Morgan fingerprint density at radius 1 is 1.40 bits per heavy atom. The normalized spacial score (nSPS) is 11.5. The van der Waals surface area contributed by atoms with Crippen molar-refractivity contribution in [3.05, 3.63) is 29.3 Å². The lowest BCUT2D eigenvalue weighted by atomic mass is 10.1. The number of hydrogen-bond acceptors (Lipinski definition) is 2. The fourth-order valence-electron chi connectivity index (χ4n) is 1.14. The Labute approximate surface area is 89.7 Å². The average molecular weight is 234 g/mol. The van der Waals surface area contributed by atoms with E-state index in [4.69, 9.17) is 0 Å². The van der Waals surface area contributed by atoms with Gasteiger partial charge in [0, 0.05) is 10.5 Å². The summed E-state index contributed by atoms with van der Waals surface area (Å²) in [6.07, 6.45) is -4.25. The number of benzene rings is 1. The van der Waals surface area contributed by atoms with E-state index >= 15 is 0 Å². The topological polar surface area (TPSA) is 17.1 Å². The molecule has 0 N–H and O–H groups in total. The second kappa shape index (κ2) is 4.70. The lowest BCUT2D eigenvalue weighted by Gasteiger charge is -2.10. The van der Waals surface area contributed by atoms with E-state index < -0.39 is 11.7 Å². The molecule has 0 aliphatic heterocycles. The molecule has 0 saturated carbocycles. The molecule has 0 atom stereocenters. The zero-order valence-corrected chi connectivity index (χ0v) is 8.78. The highest BCUT2D eigenvalue weighted by atomic mass is 32.2. The summed E-state index contributed by atoms with van der Waals surface area (Å²) >= 11 is 1.31. The number of carbonyl (C=O) groups is 1. The predicted octanol–water partition coefficient (Wildman–Crippen LogP) is 3.63. The van der Waals surface area contributed by atoms with Crippen LogP contribution < -0.4 is 0 Å². The molecule has 15 heavy (non-hydrogen) atoms. The molecule has 1 rings (SSSR count). The molecule has 0 radical (unpaired) electrons. The van der Waals surface area contributed by atoms with Gasteiger partial charge in [-0.05, 0) is 24.0 Å². The summed E-state index contributed by atoms with van der Waals surface area (Å²) in [5.41, 5.74) is -1.18. The van der Waals surface area contributed by atoms with E-state index in [2.05, 4.69) is 0 Å². The lowest BCUT2D eigenvalue weighted by molar-refractivity contribution is -0.138. The quantitative estimate of drug-likeness (QED) is 0.586. The van der Waals surface area contributed by atoms with Gasteiger partial charge in [0.2, 0.25) is 0 Å². The minimum atomic E-state index is -4.47. The van der Waals surface area contributed by atoms with Crippen molar-refractivity contribution in [2.45, 2.75) is 18.0 Å². The third kappa shape index (κ3) is 2.99. The van der Waals surface area contributed by atoms with Crippen molar-refractivity contribution in [1.29, 1.82) is 0 Å². The standard InChI is InChI=1S/C10H9F3OS/c1-2-15-8-4-3-7(6-14)9(5-8)10(11,12)13/h3-6H,2H2,1H3. The predicted molar refractivity (Wildman–Crippen MR) is 53.2 cm³/mol. The molecular formula is C10H9F3OS. The van der Waals surface area contributed by atoms with Crippen LogP contribution in [0.15, 0.2) is 23.1 Å². The maximum Gasteiger partial charge on any atom is 0.417 e. The molecule has 5 heteroatoms. The van der Waals surface area contributed by atoms with Crippen molar-refractivity contribution in [2.75, 3.05) is 5.75 Å². The van der Waals surface area contributed by atoms with E-state index in [9.17, 15) is 18.0 Å². The minimum absolute atomic E-state index is 0.225. The Balaban J connectivity index is 3.19. The fourth-order valence-corrected chi connectivity index (χ4v) is 1.84. The number of carbonyl (C=O) groups excluding carboxylic acids is 1. The van der Waals surface area contributed by atoms with Crippen molar-refractivity contribution >= 4 is 18.0 Å². The van der Waals surface area contributed by atoms with Gasteiger partial charge in [-0.2, -0.15) is 13.2 Å². The third-order valence-electron chi connectivity index (χ3n) is 1.77. The monoisotopic (exact) mass is 234 g/mol. The first-order valence-electron chi connectivity index (χ1n) is 4.28. The number of rotatable bonds is 3. The highest BCUT2D eigenvalue weighted by Gasteiger charge is 2.33. The summed E-state index contributed by atoms with van der Waals surface area (Å²) in [6, 6.07) is 3.73. The van der Waals surface area contributed by atoms with Crippen molar-refractivity contribution in [2.24, 2.45) is 0 Å². The van der Waals surface area contributed by atoms with Crippen LogP contribution in [0.2, 0.25) is 0 Å². The molecule has 0 aromatic heterocycles. The number of thioether (sulfide) groups is 1. The van der Waals surface area contributed by atoms with Crippen LogP contribution in [0.4, 0.5) is 13.2 Å². The Bertz CT molecular complexity index is 360. The number of hydrogen-bond donors (Lipinski definition) is 0. The zero-order chi connectivity index (χ0) is 11.5. The van der Waals surface area contributed by atoms with E-state index in [1.807, 2.05) is 6.92 Å². The molecule has 0 spiro atoms. The number of halogens is 3. The molecule has 1 nitrogen and oxygen atoms in total. The fraction of sp³-hybridized carbons (Fsp3) is 0.300. The van der Waals surface area contributed by atoms with E-state index in [-0.39, 0.29) is 11.8 Å². The SMILES string of the molecule is CCSc1ccc(C=O)c(C(F)(F)F)c1. The first kappa shape index (κ1) is 12.1. The van der Waals surface area contributed by atoms with Gasteiger partial charge in [-0.15, -0.1) is 11.8 Å². The molecule has 1 aromatic rings. The van der Waals surface area contributed by atoms with Gasteiger partial charge in [-0.25, -0.2) is 0 Å². The first-order chi connectivity index (χ1) is 6.99. The smallest absolute Gasteiger partial charge is 0.298 e. The molecule has 0 amide bonds. The lowest BCUT2D eigenvalue weighted by Crippen LogP contribution is -2.08. The summed E-state index contributed by atoms with van der Waals surface area (Å²) in [4.78, 5) is 11.0. The van der Waals surface area contributed by atoms with Gasteiger partial charge in [0.1, 0.15) is 0 Å². The van der Waals surface area contributed by atoms with E-state index in [1.165, 1.54) is 23.9 Å². The van der Waals surface area contributed by atoms with Gasteiger partial charge >= 0.3 is 6.18 Å². The van der Waals surface area contributed by atoms with Crippen LogP contribution >= 0.6 is 11.8 Å². The van der Waals surface area contributed by atoms with Crippen molar-refractivity contribution in [1.82, 2.24) is 0 Å². The largest absolute Gasteiger partial charge is 0.417 e. The van der Waals surface area contributed by atoms with Gasteiger partial charge in [-0.3, -0.25) is 4.79 Å². The Hall–Kier alpha value is -0.970. The molecule has 0 fully saturated rings. The first-order valence-corrected chi connectivity index (χ1v) is 5.26. The number of aldehydes is 1. The van der Waals surface area contributed by atoms with Gasteiger partial charge < -0.3 is 0 Å². The van der Waals surface area contributed by atoms with E-state index in [0.29, 0.717) is 10.6 Å². The van der Waals surface area contributed by atoms with Crippen LogP contribution in [0, 0.1) is 0 Å². The summed E-state index contributed by atoms with van der Waals surface area (Å²) in [6.45, 7) is 1.85. The molecule has 0 aliphatic rings. The molecule has 82 valence electrons. The van der Waals surface area contributed by atoms with Crippen molar-refractivity contribution in [3.8, 4) is 0 Å². The molecule has 1 aromatic carbocycles. The van der Waals surface area contributed by atoms with E-state index in [1.54, 1.807) is 0 Å². The Morgan fingerprint density at radius 2 is 2.07 bits per heavy atom. The minimum Gasteiger partial charge on any atom is -0.298 e. The van der Waals surface area contributed by atoms with Gasteiger partial charge in [0.05, 0.1) is 5.56 Å². The van der Waals surface area contributed by atoms with E-state index in [0.717, 1.165) is 6.07 Å². The highest BCUT2D eigenvalue weighted by Crippen LogP contribution is 2.34. The van der Waals surface area contributed by atoms with Crippen LogP contribution in [0.5, 0.6) is 0 Å². The molecule has 0 saturated heterocycles. The van der Waals surface area contributed by atoms with Crippen LogP contribution in [0.1, 0.15) is 22.8 Å².